The number of aromatic nitrogens is 2. The Labute approximate surface area is 99.1 Å². The lowest BCUT2D eigenvalue weighted by Crippen LogP contribution is -2.12. The number of rotatable bonds is 3. The van der Waals surface area contributed by atoms with E-state index >= 15 is 0 Å². The molecule has 0 fully saturated rings. The zero-order valence-electron chi connectivity index (χ0n) is 9.64. The molecule has 0 aliphatic carbocycles. The van der Waals surface area contributed by atoms with E-state index < -0.39 is 0 Å². The first-order chi connectivity index (χ1) is 8.24. The largest absolute Gasteiger partial charge is 0.419 e. The second kappa shape index (κ2) is 4.76. The highest BCUT2D eigenvalue weighted by atomic mass is 16.4. The fourth-order valence-electron chi connectivity index (χ4n) is 1.34. The van der Waals surface area contributed by atoms with Crippen molar-refractivity contribution in [1.82, 2.24) is 15.5 Å². The molecule has 2 rings (SSSR count). The van der Waals surface area contributed by atoms with Gasteiger partial charge in [-0.05, 0) is 38.2 Å². The number of nitriles is 1. The van der Waals surface area contributed by atoms with E-state index in [9.17, 15) is 0 Å². The van der Waals surface area contributed by atoms with Gasteiger partial charge in [-0.1, -0.05) is 0 Å². The number of nitrogens with one attached hydrogen (secondary N) is 1. The van der Waals surface area contributed by atoms with Gasteiger partial charge in [-0.25, -0.2) is 0 Å². The third kappa shape index (κ3) is 2.32. The van der Waals surface area contributed by atoms with E-state index in [4.69, 9.17) is 9.68 Å². The van der Waals surface area contributed by atoms with Crippen molar-refractivity contribution < 1.29 is 4.42 Å². The molecule has 0 bridgehead atoms. The van der Waals surface area contributed by atoms with Crippen LogP contribution in [0.15, 0.2) is 28.7 Å². The minimum atomic E-state index is 0.0228. The summed E-state index contributed by atoms with van der Waals surface area (Å²) < 4.78 is 5.53. The molecular formula is C12H12N4O. The van der Waals surface area contributed by atoms with Gasteiger partial charge in [0.25, 0.3) is 0 Å². The maximum absolute atomic E-state index is 8.70. The number of hydrogen-bond acceptors (Lipinski definition) is 5. The third-order valence-electron chi connectivity index (χ3n) is 2.51. The minimum Gasteiger partial charge on any atom is -0.419 e. The van der Waals surface area contributed by atoms with Crippen LogP contribution in [0.2, 0.25) is 0 Å². The standard InChI is InChI=1S/C12H12N4O/c1-8(14-2)11-15-16-12(17-11)10-5-3-9(7-13)4-6-10/h3-6,8,14H,1-2H3. The van der Waals surface area contributed by atoms with E-state index in [-0.39, 0.29) is 6.04 Å². The lowest BCUT2D eigenvalue weighted by Gasteiger charge is -2.02. The SMILES string of the molecule is CNC(C)c1nnc(-c2ccc(C#N)cc2)o1. The Balaban J connectivity index is 2.28. The topological polar surface area (TPSA) is 74.7 Å². The van der Waals surface area contributed by atoms with Gasteiger partial charge in [0.05, 0.1) is 17.7 Å². The Morgan fingerprint density at radius 3 is 2.59 bits per heavy atom. The van der Waals surface area contributed by atoms with Crippen LogP contribution in [0.4, 0.5) is 0 Å². The quantitative estimate of drug-likeness (QED) is 0.868. The van der Waals surface area contributed by atoms with E-state index in [1.165, 1.54) is 0 Å². The number of benzene rings is 1. The number of nitrogens with zero attached hydrogens (tertiary/aromatic N) is 3. The van der Waals surface area contributed by atoms with E-state index in [2.05, 4.69) is 21.6 Å². The molecule has 86 valence electrons. The molecule has 5 heteroatoms. The van der Waals surface area contributed by atoms with Gasteiger partial charge in [0, 0.05) is 5.56 Å². The highest BCUT2D eigenvalue weighted by molar-refractivity contribution is 5.54. The van der Waals surface area contributed by atoms with E-state index in [0.717, 1.165) is 5.56 Å². The summed E-state index contributed by atoms with van der Waals surface area (Å²) in [5.41, 5.74) is 1.42. The molecule has 1 heterocycles. The van der Waals surface area contributed by atoms with Crippen molar-refractivity contribution >= 4 is 0 Å². The maximum atomic E-state index is 8.70. The Bertz CT molecular complexity index is 538. The van der Waals surface area contributed by atoms with Crippen LogP contribution in [0.25, 0.3) is 11.5 Å². The maximum Gasteiger partial charge on any atom is 0.247 e. The molecule has 2 aromatic rings. The molecule has 1 aromatic heterocycles. The predicted molar refractivity (Wildman–Crippen MR) is 61.9 cm³/mol. The average Bonchev–Trinajstić information content (AvgIpc) is 2.87. The van der Waals surface area contributed by atoms with Gasteiger partial charge in [-0.3, -0.25) is 0 Å². The van der Waals surface area contributed by atoms with Crippen LogP contribution >= 0.6 is 0 Å². The molecule has 0 saturated heterocycles. The van der Waals surface area contributed by atoms with Crippen molar-refractivity contribution in [3.05, 3.63) is 35.7 Å². The Morgan fingerprint density at radius 1 is 1.29 bits per heavy atom. The summed E-state index contributed by atoms with van der Waals surface area (Å²) in [6, 6.07) is 9.11. The molecule has 0 aliphatic rings. The van der Waals surface area contributed by atoms with Crippen LogP contribution in [0.3, 0.4) is 0 Å². The lowest BCUT2D eigenvalue weighted by molar-refractivity contribution is 0.441. The van der Waals surface area contributed by atoms with Gasteiger partial charge in [0.15, 0.2) is 0 Å². The van der Waals surface area contributed by atoms with E-state index in [0.29, 0.717) is 17.3 Å². The Morgan fingerprint density at radius 2 is 2.00 bits per heavy atom. The Hall–Kier alpha value is -2.19. The van der Waals surface area contributed by atoms with Gasteiger partial charge in [0.1, 0.15) is 0 Å². The zero-order valence-corrected chi connectivity index (χ0v) is 9.64. The van der Waals surface area contributed by atoms with Crippen molar-refractivity contribution in [3.8, 4) is 17.5 Å². The van der Waals surface area contributed by atoms with Gasteiger partial charge in [0.2, 0.25) is 11.8 Å². The van der Waals surface area contributed by atoms with Crippen molar-refractivity contribution in [2.45, 2.75) is 13.0 Å². The fraction of sp³-hybridized carbons (Fsp3) is 0.250. The molecule has 0 radical (unpaired) electrons. The lowest BCUT2D eigenvalue weighted by atomic mass is 10.1. The molecule has 1 unspecified atom stereocenters. The van der Waals surface area contributed by atoms with Crippen LogP contribution < -0.4 is 5.32 Å². The summed E-state index contributed by atoms with van der Waals surface area (Å²) in [7, 11) is 1.83. The summed E-state index contributed by atoms with van der Waals surface area (Å²) in [6.45, 7) is 1.94. The smallest absolute Gasteiger partial charge is 0.247 e. The molecule has 0 spiro atoms. The average molecular weight is 228 g/mol. The van der Waals surface area contributed by atoms with Crippen LogP contribution in [0.1, 0.15) is 24.4 Å². The van der Waals surface area contributed by atoms with Crippen LogP contribution in [0, 0.1) is 11.3 Å². The zero-order chi connectivity index (χ0) is 12.3. The summed E-state index contributed by atoms with van der Waals surface area (Å²) in [4.78, 5) is 0. The first kappa shape index (κ1) is 11.3. The van der Waals surface area contributed by atoms with Gasteiger partial charge in [-0.2, -0.15) is 5.26 Å². The molecule has 1 N–H and O–H groups in total. The Kier molecular flexibility index (Phi) is 3.17. The molecular weight excluding hydrogens is 216 g/mol. The first-order valence-corrected chi connectivity index (χ1v) is 5.26. The van der Waals surface area contributed by atoms with Crippen molar-refractivity contribution in [2.24, 2.45) is 0 Å². The van der Waals surface area contributed by atoms with E-state index in [1.807, 2.05) is 14.0 Å². The molecule has 1 atom stereocenters. The minimum absolute atomic E-state index is 0.0228. The second-order valence-corrected chi connectivity index (χ2v) is 3.64. The molecule has 0 aliphatic heterocycles. The van der Waals surface area contributed by atoms with Crippen LogP contribution in [-0.4, -0.2) is 17.2 Å². The van der Waals surface area contributed by atoms with Crippen molar-refractivity contribution in [1.29, 1.82) is 5.26 Å². The van der Waals surface area contributed by atoms with Gasteiger partial charge in [-0.15, -0.1) is 10.2 Å². The van der Waals surface area contributed by atoms with Crippen molar-refractivity contribution in [2.75, 3.05) is 7.05 Å². The van der Waals surface area contributed by atoms with Gasteiger partial charge >= 0.3 is 0 Å². The summed E-state index contributed by atoms with van der Waals surface area (Å²) in [5.74, 6) is 1.01. The van der Waals surface area contributed by atoms with E-state index in [1.54, 1.807) is 24.3 Å². The molecule has 5 nitrogen and oxygen atoms in total. The molecule has 0 amide bonds. The summed E-state index contributed by atoms with van der Waals surface area (Å²) in [6.07, 6.45) is 0. The third-order valence-corrected chi connectivity index (χ3v) is 2.51. The van der Waals surface area contributed by atoms with Crippen LogP contribution in [-0.2, 0) is 0 Å². The van der Waals surface area contributed by atoms with Gasteiger partial charge < -0.3 is 9.73 Å². The second-order valence-electron chi connectivity index (χ2n) is 3.64. The first-order valence-electron chi connectivity index (χ1n) is 5.26. The molecule has 0 saturated carbocycles. The van der Waals surface area contributed by atoms with Crippen molar-refractivity contribution in [3.63, 3.8) is 0 Å². The van der Waals surface area contributed by atoms with Crippen LogP contribution in [0.5, 0.6) is 0 Å². The normalized spacial score (nSPS) is 12.1. The molecule has 17 heavy (non-hydrogen) atoms. The predicted octanol–water partition coefficient (Wildman–Crippen LogP) is 1.89. The monoisotopic (exact) mass is 228 g/mol. The molecule has 1 aromatic carbocycles. The summed E-state index contributed by atoms with van der Waals surface area (Å²) in [5, 5.41) is 19.7. The highest BCUT2D eigenvalue weighted by Gasteiger charge is 2.12. The summed E-state index contributed by atoms with van der Waals surface area (Å²) >= 11 is 0. The highest BCUT2D eigenvalue weighted by Crippen LogP contribution is 2.20. The fourth-order valence-corrected chi connectivity index (χ4v) is 1.34. The number of hydrogen-bond donors (Lipinski definition) is 1.